The zero-order valence-electron chi connectivity index (χ0n) is 19.1. The molecular weight excluding hydrogens is 502 g/mol. The normalized spacial score (nSPS) is 21.6. The van der Waals surface area contributed by atoms with E-state index in [2.05, 4.69) is 0 Å². The van der Waals surface area contributed by atoms with E-state index >= 15 is 0 Å². The van der Waals surface area contributed by atoms with Gasteiger partial charge in [-0.15, -0.1) is 0 Å². The fourth-order valence-electron chi connectivity index (χ4n) is 4.48. The second-order valence-corrected chi connectivity index (χ2v) is 11.3. The molecule has 4 rings (SSSR count). The zero-order valence-corrected chi connectivity index (χ0v) is 20.7. The van der Waals surface area contributed by atoms with E-state index in [-0.39, 0.29) is 36.9 Å². The number of halogens is 3. The molecule has 1 atom stereocenters. The van der Waals surface area contributed by atoms with Crippen molar-refractivity contribution in [2.24, 2.45) is 5.41 Å². The van der Waals surface area contributed by atoms with E-state index in [0.717, 1.165) is 12.1 Å². The van der Waals surface area contributed by atoms with Gasteiger partial charge < -0.3 is 14.4 Å². The molecule has 2 saturated heterocycles. The van der Waals surface area contributed by atoms with Crippen LogP contribution in [0.25, 0.3) is 0 Å². The van der Waals surface area contributed by atoms with E-state index in [9.17, 15) is 22.0 Å². The number of morpholine rings is 1. The van der Waals surface area contributed by atoms with Crippen molar-refractivity contribution in [3.05, 3.63) is 59.1 Å². The summed E-state index contributed by atoms with van der Waals surface area (Å²) in [6, 6.07) is 9.31. The maximum absolute atomic E-state index is 13.8. The van der Waals surface area contributed by atoms with Gasteiger partial charge in [0.05, 0.1) is 24.7 Å². The number of carbonyl (C=O) groups is 1. The topological polar surface area (TPSA) is 76.2 Å². The summed E-state index contributed by atoms with van der Waals surface area (Å²) >= 11 is 5.95. The van der Waals surface area contributed by atoms with Gasteiger partial charge in [0.2, 0.25) is 15.9 Å². The molecule has 0 aliphatic carbocycles. The molecular formula is C24H27ClF2N2O5S. The van der Waals surface area contributed by atoms with E-state index in [1.54, 1.807) is 29.2 Å². The van der Waals surface area contributed by atoms with Gasteiger partial charge in [0, 0.05) is 43.0 Å². The van der Waals surface area contributed by atoms with Crippen molar-refractivity contribution in [2.45, 2.75) is 24.2 Å². The molecule has 1 unspecified atom stereocenters. The Hall–Kier alpha value is -2.27. The van der Waals surface area contributed by atoms with Crippen LogP contribution in [0.5, 0.6) is 5.75 Å². The lowest BCUT2D eigenvalue weighted by Crippen LogP contribution is -2.51. The summed E-state index contributed by atoms with van der Waals surface area (Å²) in [4.78, 5) is 14.6. The van der Waals surface area contributed by atoms with E-state index < -0.39 is 27.1 Å². The molecule has 0 aromatic heterocycles. The van der Waals surface area contributed by atoms with Crippen LogP contribution >= 0.6 is 11.6 Å². The number of amides is 1. The standard InChI is InChI=1S/C24H27ClF2N2O5S/c25-18-2-4-19(5-3-18)34-17-24(15-23(30)28-10-12-33-13-11-28)8-1-9-29(16-24)35(31,32)20-6-7-21(26)22(27)14-20/h2-7,14H,1,8-13,15-17H2. The van der Waals surface area contributed by atoms with Crippen LogP contribution in [0.2, 0.25) is 5.02 Å². The lowest BCUT2D eigenvalue weighted by molar-refractivity contribution is -0.139. The first-order chi connectivity index (χ1) is 16.7. The molecule has 7 nitrogen and oxygen atoms in total. The summed E-state index contributed by atoms with van der Waals surface area (Å²) in [5.74, 6) is -1.90. The highest BCUT2D eigenvalue weighted by molar-refractivity contribution is 7.89. The van der Waals surface area contributed by atoms with Crippen LogP contribution in [0.3, 0.4) is 0 Å². The first-order valence-electron chi connectivity index (χ1n) is 11.4. The second-order valence-electron chi connectivity index (χ2n) is 8.93. The maximum atomic E-state index is 13.8. The number of carbonyl (C=O) groups excluding carboxylic acids is 1. The van der Waals surface area contributed by atoms with E-state index in [1.807, 2.05) is 0 Å². The first kappa shape index (κ1) is 25.8. The Bertz CT molecular complexity index is 1160. The molecule has 2 aliphatic heterocycles. The van der Waals surface area contributed by atoms with Crippen LogP contribution in [-0.2, 0) is 19.6 Å². The molecule has 2 aromatic carbocycles. The molecule has 2 fully saturated rings. The van der Waals surface area contributed by atoms with Crippen LogP contribution in [-0.4, -0.2) is 69.5 Å². The third kappa shape index (κ3) is 6.11. The Balaban J connectivity index is 1.58. The summed E-state index contributed by atoms with van der Waals surface area (Å²) in [7, 11) is -4.11. The van der Waals surface area contributed by atoms with E-state index in [0.29, 0.717) is 56.0 Å². The smallest absolute Gasteiger partial charge is 0.243 e. The molecule has 0 saturated carbocycles. The molecule has 2 aromatic rings. The highest BCUT2D eigenvalue weighted by Gasteiger charge is 2.43. The van der Waals surface area contributed by atoms with Crippen LogP contribution in [0.1, 0.15) is 19.3 Å². The molecule has 1 amide bonds. The third-order valence-corrected chi connectivity index (χ3v) is 8.50. The second kappa shape index (κ2) is 10.8. The van der Waals surface area contributed by atoms with Crippen molar-refractivity contribution in [3.63, 3.8) is 0 Å². The molecule has 190 valence electrons. The molecule has 0 bridgehead atoms. The average Bonchev–Trinajstić information content (AvgIpc) is 2.86. The molecule has 0 N–H and O–H groups in total. The predicted molar refractivity (Wildman–Crippen MR) is 126 cm³/mol. The molecule has 2 aliphatic rings. The number of rotatable bonds is 7. The van der Waals surface area contributed by atoms with Crippen LogP contribution in [0, 0.1) is 17.0 Å². The van der Waals surface area contributed by atoms with Gasteiger partial charge in [-0.1, -0.05) is 11.6 Å². The number of ether oxygens (including phenoxy) is 2. The number of benzene rings is 2. The number of sulfonamides is 1. The monoisotopic (exact) mass is 528 g/mol. The average molecular weight is 529 g/mol. The molecule has 0 radical (unpaired) electrons. The van der Waals surface area contributed by atoms with Crippen LogP contribution in [0.4, 0.5) is 8.78 Å². The highest BCUT2D eigenvalue weighted by atomic mass is 35.5. The lowest BCUT2D eigenvalue weighted by atomic mass is 9.78. The summed E-state index contributed by atoms with van der Waals surface area (Å²) in [5.41, 5.74) is -0.807. The minimum absolute atomic E-state index is 0.0119. The Morgan fingerprint density at radius 1 is 1.06 bits per heavy atom. The van der Waals surface area contributed by atoms with Gasteiger partial charge in [0.1, 0.15) is 5.75 Å². The van der Waals surface area contributed by atoms with Crippen molar-refractivity contribution in [1.29, 1.82) is 0 Å². The van der Waals surface area contributed by atoms with Crippen molar-refractivity contribution < 1.29 is 31.5 Å². The molecule has 2 heterocycles. The van der Waals surface area contributed by atoms with Gasteiger partial charge in [-0.2, -0.15) is 4.31 Å². The van der Waals surface area contributed by atoms with Crippen molar-refractivity contribution >= 4 is 27.5 Å². The number of nitrogens with zero attached hydrogens (tertiary/aromatic N) is 2. The Morgan fingerprint density at radius 2 is 1.77 bits per heavy atom. The first-order valence-corrected chi connectivity index (χ1v) is 13.2. The highest BCUT2D eigenvalue weighted by Crippen LogP contribution is 2.37. The predicted octanol–water partition coefficient (Wildman–Crippen LogP) is 3.72. The largest absolute Gasteiger partial charge is 0.493 e. The number of piperidine rings is 1. The summed E-state index contributed by atoms with van der Waals surface area (Å²) < 4.78 is 66.4. The Kier molecular flexibility index (Phi) is 7.95. The third-order valence-electron chi connectivity index (χ3n) is 6.40. The SMILES string of the molecule is O=C(CC1(COc2ccc(Cl)cc2)CCCN(S(=O)(=O)c2ccc(F)c(F)c2)C1)N1CCOCC1. The zero-order chi connectivity index (χ0) is 25.1. The maximum Gasteiger partial charge on any atom is 0.243 e. The Morgan fingerprint density at radius 3 is 2.46 bits per heavy atom. The van der Waals surface area contributed by atoms with Gasteiger partial charge in [-0.3, -0.25) is 4.79 Å². The van der Waals surface area contributed by atoms with Crippen molar-refractivity contribution in [1.82, 2.24) is 9.21 Å². The quantitative estimate of drug-likeness (QED) is 0.547. The fourth-order valence-corrected chi connectivity index (χ4v) is 6.21. The van der Waals surface area contributed by atoms with Gasteiger partial charge in [0.15, 0.2) is 11.6 Å². The van der Waals surface area contributed by atoms with Gasteiger partial charge in [0.25, 0.3) is 0 Å². The van der Waals surface area contributed by atoms with Crippen molar-refractivity contribution in [2.75, 3.05) is 46.0 Å². The molecule has 35 heavy (non-hydrogen) atoms. The van der Waals surface area contributed by atoms with Crippen LogP contribution in [0.15, 0.2) is 47.4 Å². The van der Waals surface area contributed by atoms with Crippen LogP contribution < -0.4 is 4.74 Å². The van der Waals surface area contributed by atoms with Gasteiger partial charge >= 0.3 is 0 Å². The lowest BCUT2D eigenvalue weighted by Gasteiger charge is -2.42. The number of hydrogen-bond donors (Lipinski definition) is 0. The summed E-state index contributed by atoms with van der Waals surface area (Å²) in [5, 5.41) is 0.552. The van der Waals surface area contributed by atoms with Gasteiger partial charge in [-0.05, 0) is 55.3 Å². The molecule has 11 heteroatoms. The van der Waals surface area contributed by atoms with Gasteiger partial charge in [-0.25, -0.2) is 17.2 Å². The van der Waals surface area contributed by atoms with E-state index in [4.69, 9.17) is 21.1 Å². The van der Waals surface area contributed by atoms with E-state index in [1.165, 1.54) is 4.31 Å². The Labute approximate surface area is 208 Å². The summed E-state index contributed by atoms with van der Waals surface area (Å²) in [6.45, 7) is 2.18. The minimum atomic E-state index is -4.11. The van der Waals surface area contributed by atoms with Crippen molar-refractivity contribution in [3.8, 4) is 5.75 Å². The summed E-state index contributed by atoms with van der Waals surface area (Å²) in [6.07, 6.45) is 1.15. The number of hydrogen-bond acceptors (Lipinski definition) is 5. The molecule has 0 spiro atoms. The minimum Gasteiger partial charge on any atom is -0.493 e. The fraction of sp³-hybridized carbons (Fsp3) is 0.458.